The van der Waals surface area contributed by atoms with Crippen LogP contribution in [0.1, 0.15) is 22.3 Å². The molecule has 0 saturated heterocycles. The lowest BCUT2D eigenvalue weighted by Crippen LogP contribution is -2.11. The molecular weight excluding hydrogens is 753 g/mol. The zero-order valence-electron chi connectivity index (χ0n) is 35.1. The molecule has 0 saturated carbocycles. The van der Waals surface area contributed by atoms with Gasteiger partial charge in [-0.15, -0.1) is 0 Å². The lowest BCUT2D eigenvalue weighted by molar-refractivity contribution is 1.25. The Morgan fingerprint density at radius 1 is 0.306 bits per heavy atom. The van der Waals surface area contributed by atoms with Crippen LogP contribution >= 0.6 is 0 Å². The minimum Gasteiger partial charge on any atom is -0.310 e. The summed E-state index contributed by atoms with van der Waals surface area (Å²) in [5, 5.41) is 10.1. The summed E-state index contributed by atoms with van der Waals surface area (Å²) in [5.41, 5.74) is 19.4. The highest BCUT2D eigenvalue weighted by Gasteiger charge is 2.28. The van der Waals surface area contributed by atoms with E-state index in [0.29, 0.717) is 0 Å². The van der Waals surface area contributed by atoms with Crippen molar-refractivity contribution in [3.05, 3.63) is 204 Å². The van der Waals surface area contributed by atoms with Gasteiger partial charge in [0.25, 0.3) is 0 Å². The van der Waals surface area contributed by atoms with E-state index in [1.54, 1.807) is 0 Å². The molecule has 13 aromatic rings. The Balaban J connectivity index is 1.13. The third kappa shape index (κ3) is 4.78. The first-order chi connectivity index (χ1) is 30.4. The van der Waals surface area contributed by atoms with Gasteiger partial charge in [0.05, 0.1) is 44.5 Å². The molecule has 0 aliphatic rings. The molecular formula is C58H42N4. The van der Waals surface area contributed by atoms with E-state index in [1.165, 1.54) is 116 Å². The molecule has 0 aliphatic carbocycles. The Hall–Kier alpha value is -7.82. The van der Waals surface area contributed by atoms with E-state index in [0.717, 1.165) is 17.1 Å². The number of aryl methyl sites for hydroxylation is 4. The van der Waals surface area contributed by atoms with Crippen LogP contribution in [0.25, 0.3) is 76.2 Å². The zero-order valence-corrected chi connectivity index (χ0v) is 35.1. The van der Waals surface area contributed by atoms with Crippen molar-refractivity contribution < 1.29 is 0 Å². The Morgan fingerprint density at radius 2 is 0.774 bits per heavy atom. The predicted molar refractivity (Wildman–Crippen MR) is 264 cm³/mol. The molecule has 4 heteroatoms. The Labute approximate surface area is 359 Å². The second kappa shape index (κ2) is 12.8. The largest absolute Gasteiger partial charge is 0.310 e. The van der Waals surface area contributed by atoms with Gasteiger partial charge >= 0.3 is 0 Å². The van der Waals surface area contributed by atoms with Gasteiger partial charge in [0.15, 0.2) is 0 Å². The van der Waals surface area contributed by atoms with Crippen LogP contribution in [0.3, 0.4) is 0 Å². The van der Waals surface area contributed by atoms with E-state index in [9.17, 15) is 0 Å². The summed E-state index contributed by atoms with van der Waals surface area (Å²) >= 11 is 0. The van der Waals surface area contributed by atoms with E-state index in [2.05, 4.69) is 228 Å². The molecule has 294 valence electrons. The van der Waals surface area contributed by atoms with E-state index >= 15 is 0 Å². The second-order valence-electron chi connectivity index (χ2n) is 17.3. The fraction of sp³-hybridized carbons (Fsp3) is 0.0690. The molecule has 4 nitrogen and oxygen atoms in total. The molecule has 0 aliphatic heterocycles. The van der Waals surface area contributed by atoms with E-state index in [-0.39, 0.29) is 0 Å². The first-order valence-electron chi connectivity index (χ1n) is 21.6. The van der Waals surface area contributed by atoms with Crippen LogP contribution in [0.2, 0.25) is 0 Å². The van der Waals surface area contributed by atoms with Crippen LogP contribution in [0.4, 0.5) is 34.1 Å². The van der Waals surface area contributed by atoms with Gasteiger partial charge < -0.3 is 18.6 Å². The zero-order chi connectivity index (χ0) is 41.4. The Bertz CT molecular complexity index is 3890. The first-order valence-corrected chi connectivity index (χ1v) is 21.6. The van der Waals surface area contributed by atoms with E-state index in [1.807, 2.05) is 0 Å². The average Bonchev–Trinajstić information content (AvgIpc) is 4.01. The minimum atomic E-state index is 1.14. The fourth-order valence-corrected chi connectivity index (χ4v) is 11.0. The van der Waals surface area contributed by atoms with Gasteiger partial charge in [0.1, 0.15) is 0 Å². The smallest absolute Gasteiger partial charge is 0.0641 e. The molecule has 9 aromatic carbocycles. The van der Waals surface area contributed by atoms with Crippen molar-refractivity contribution in [1.82, 2.24) is 8.80 Å². The standard InChI is InChI=1S/C58H42N4/c1-35-23-26-48(38(4)30-35)60(40-17-9-6-10-18-40)52-28-25-43-47-34-53-46(33-54(47)62-50-22-14-12-20-45(50)56(52)58(43)62)42-24-27-51(55-44-19-11-13-21-49(44)61(53)57(42)55)59(39-15-7-5-8-16-39)41-31-36(2)29-37(3)32-41/h5-34H,1-4H3. The maximum Gasteiger partial charge on any atom is 0.0641 e. The topological polar surface area (TPSA) is 15.3 Å². The minimum absolute atomic E-state index is 1.14. The number of fused-ring (bicyclic) bond motifs is 12. The van der Waals surface area contributed by atoms with Gasteiger partial charge in [-0.3, -0.25) is 0 Å². The second-order valence-corrected chi connectivity index (χ2v) is 17.3. The average molecular weight is 795 g/mol. The third-order valence-electron chi connectivity index (χ3n) is 13.3. The van der Waals surface area contributed by atoms with Crippen LogP contribution in [-0.4, -0.2) is 8.80 Å². The van der Waals surface area contributed by atoms with Crippen molar-refractivity contribution in [2.75, 3.05) is 9.80 Å². The lowest BCUT2D eigenvalue weighted by atomic mass is 10.0. The van der Waals surface area contributed by atoms with Gasteiger partial charge in [-0.1, -0.05) is 109 Å². The highest BCUT2D eigenvalue weighted by Crippen LogP contribution is 2.51. The fourth-order valence-electron chi connectivity index (χ4n) is 11.0. The number of aromatic nitrogens is 2. The van der Waals surface area contributed by atoms with Crippen molar-refractivity contribution >= 4 is 110 Å². The third-order valence-corrected chi connectivity index (χ3v) is 13.3. The van der Waals surface area contributed by atoms with Crippen molar-refractivity contribution in [3.8, 4) is 0 Å². The highest BCUT2D eigenvalue weighted by molar-refractivity contribution is 6.32. The summed E-state index contributed by atoms with van der Waals surface area (Å²) in [6.45, 7) is 8.79. The van der Waals surface area contributed by atoms with Crippen molar-refractivity contribution in [2.45, 2.75) is 27.7 Å². The Morgan fingerprint density at radius 3 is 1.31 bits per heavy atom. The van der Waals surface area contributed by atoms with Crippen molar-refractivity contribution in [2.24, 2.45) is 0 Å². The maximum absolute atomic E-state index is 2.54. The van der Waals surface area contributed by atoms with Crippen LogP contribution in [0.15, 0.2) is 182 Å². The molecule has 0 bridgehead atoms. The molecule has 0 N–H and O–H groups in total. The van der Waals surface area contributed by atoms with Gasteiger partial charge in [0.2, 0.25) is 0 Å². The number of hydrogen-bond donors (Lipinski definition) is 0. The molecule has 13 rings (SSSR count). The molecule has 0 amide bonds. The van der Waals surface area contributed by atoms with Crippen molar-refractivity contribution in [3.63, 3.8) is 0 Å². The molecule has 0 fully saturated rings. The number of hydrogen-bond acceptors (Lipinski definition) is 2. The summed E-state index contributed by atoms with van der Waals surface area (Å²) in [4.78, 5) is 4.91. The summed E-state index contributed by atoms with van der Waals surface area (Å²) < 4.78 is 5.08. The summed E-state index contributed by atoms with van der Waals surface area (Å²) in [6.07, 6.45) is 0. The van der Waals surface area contributed by atoms with Crippen LogP contribution < -0.4 is 9.80 Å². The highest BCUT2D eigenvalue weighted by atomic mass is 15.2. The summed E-state index contributed by atoms with van der Waals surface area (Å²) in [6, 6.07) is 67.7. The lowest BCUT2D eigenvalue weighted by Gasteiger charge is -2.28. The monoisotopic (exact) mass is 794 g/mol. The summed E-state index contributed by atoms with van der Waals surface area (Å²) in [7, 11) is 0. The Kier molecular flexibility index (Phi) is 7.25. The SMILES string of the molecule is Cc1cc(C)cc(N(c2ccccc2)c2ccc3c4cc5c(cc4n4c6ccccc6c2c34)c2ccc(N(c3ccccc3)c3ccc(C)cc3C)c3c4ccccc4n5c23)c1. The quantitative estimate of drug-likeness (QED) is 0.167. The number of anilines is 6. The van der Waals surface area contributed by atoms with E-state index in [4.69, 9.17) is 0 Å². The van der Waals surface area contributed by atoms with Gasteiger partial charge in [-0.05, 0) is 123 Å². The van der Waals surface area contributed by atoms with Gasteiger partial charge in [-0.2, -0.15) is 0 Å². The normalized spacial score (nSPS) is 12.2. The molecule has 62 heavy (non-hydrogen) atoms. The molecule has 4 heterocycles. The summed E-state index contributed by atoms with van der Waals surface area (Å²) in [5.74, 6) is 0. The number of benzene rings is 9. The van der Waals surface area contributed by atoms with Gasteiger partial charge in [-0.25, -0.2) is 0 Å². The molecule has 4 aromatic heterocycles. The van der Waals surface area contributed by atoms with Crippen LogP contribution in [-0.2, 0) is 0 Å². The predicted octanol–water partition coefficient (Wildman–Crippen LogP) is 16.2. The molecule has 0 radical (unpaired) electrons. The van der Waals surface area contributed by atoms with Crippen LogP contribution in [0, 0.1) is 27.7 Å². The van der Waals surface area contributed by atoms with Crippen LogP contribution in [0.5, 0.6) is 0 Å². The number of para-hydroxylation sites is 4. The van der Waals surface area contributed by atoms with E-state index < -0.39 is 0 Å². The molecule has 0 spiro atoms. The maximum atomic E-state index is 2.54. The van der Waals surface area contributed by atoms with Crippen molar-refractivity contribution in [1.29, 1.82) is 0 Å². The molecule has 0 atom stereocenters. The first kappa shape index (κ1) is 35.0. The molecule has 0 unspecified atom stereocenters. The number of rotatable bonds is 6. The van der Waals surface area contributed by atoms with Gasteiger partial charge in [0, 0.05) is 65.8 Å². The number of nitrogens with zero attached hydrogens (tertiary/aromatic N) is 4.